The minimum atomic E-state index is -1.06. The molecule has 3 unspecified atom stereocenters. The number of halogens is 2. The van der Waals surface area contributed by atoms with Crippen molar-refractivity contribution in [3.63, 3.8) is 0 Å². The number of amides is 1. The lowest BCUT2D eigenvalue weighted by Crippen LogP contribution is -2.43. The van der Waals surface area contributed by atoms with Gasteiger partial charge in [-0.1, -0.05) is 47.5 Å². The molecule has 1 amide bonds. The van der Waals surface area contributed by atoms with E-state index in [1.165, 1.54) is 0 Å². The van der Waals surface area contributed by atoms with Crippen molar-refractivity contribution in [3.05, 3.63) is 69.8 Å². The highest BCUT2D eigenvalue weighted by atomic mass is 35.5. The second-order valence-corrected chi connectivity index (χ2v) is 7.92. The van der Waals surface area contributed by atoms with E-state index in [2.05, 4.69) is 10.3 Å². The average Bonchev–Trinajstić information content (AvgIpc) is 3.35. The molecule has 0 aliphatic heterocycles. The molecule has 1 saturated carbocycles. The molecule has 1 fully saturated rings. The zero-order chi connectivity index (χ0) is 19.8. The molecule has 7 heteroatoms. The smallest absolute Gasteiger partial charge is 0.326 e. The summed E-state index contributed by atoms with van der Waals surface area (Å²) in [6.07, 6.45) is 2.65. The third-order valence-electron chi connectivity index (χ3n) is 5.20. The SMILES string of the molecule is O=C(O)C(Cc1c[nH]c2ccccc12)NC(=O)C1CC1c1ccc(Cl)cc1Cl. The highest BCUT2D eigenvalue weighted by Gasteiger charge is 2.45. The molecule has 144 valence electrons. The van der Waals surface area contributed by atoms with Crippen molar-refractivity contribution in [2.75, 3.05) is 0 Å². The van der Waals surface area contributed by atoms with Crippen LogP contribution in [0.1, 0.15) is 23.5 Å². The van der Waals surface area contributed by atoms with Gasteiger partial charge in [0.05, 0.1) is 0 Å². The molecule has 3 atom stereocenters. The van der Waals surface area contributed by atoms with E-state index in [1.807, 2.05) is 30.3 Å². The molecule has 0 bridgehead atoms. The molecule has 5 nitrogen and oxygen atoms in total. The van der Waals surface area contributed by atoms with Crippen LogP contribution in [-0.4, -0.2) is 28.0 Å². The Morgan fingerprint density at radius 3 is 2.75 bits per heavy atom. The summed E-state index contributed by atoms with van der Waals surface area (Å²) in [5, 5.41) is 14.3. The summed E-state index contributed by atoms with van der Waals surface area (Å²) in [7, 11) is 0. The zero-order valence-electron chi connectivity index (χ0n) is 14.8. The van der Waals surface area contributed by atoms with Crippen molar-refractivity contribution < 1.29 is 14.7 Å². The monoisotopic (exact) mass is 416 g/mol. The van der Waals surface area contributed by atoms with Crippen LogP contribution < -0.4 is 5.32 Å². The molecule has 4 rings (SSSR count). The lowest BCUT2D eigenvalue weighted by atomic mass is 10.0. The van der Waals surface area contributed by atoms with E-state index in [4.69, 9.17) is 23.2 Å². The summed E-state index contributed by atoms with van der Waals surface area (Å²) < 4.78 is 0. The largest absolute Gasteiger partial charge is 0.480 e. The maximum Gasteiger partial charge on any atom is 0.326 e. The van der Waals surface area contributed by atoms with E-state index in [9.17, 15) is 14.7 Å². The number of para-hydroxylation sites is 1. The first-order valence-corrected chi connectivity index (χ1v) is 9.72. The molecule has 1 aliphatic carbocycles. The molecule has 0 saturated heterocycles. The molecule has 1 heterocycles. The Bertz CT molecular complexity index is 1060. The average molecular weight is 417 g/mol. The van der Waals surface area contributed by atoms with E-state index in [0.717, 1.165) is 22.0 Å². The minimum Gasteiger partial charge on any atom is -0.480 e. The van der Waals surface area contributed by atoms with Gasteiger partial charge in [-0.25, -0.2) is 4.79 Å². The maximum absolute atomic E-state index is 12.6. The first-order valence-electron chi connectivity index (χ1n) is 8.97. The van der Waals surface area contributed by atoms with Crippen LogP contribution in [0, 0.1) is 5.92 Å². The highest BCUT2D eigenvalue weighted by molar-refractivity contribution is 6.35. The Morgan fingerprint density at radius 2 is 2.00 bits per heavy atom. The number of nitrogens with one attached hydrogen (secondary N) is 2. The van der Waals surface area contributed by atoms with Crippen molar-refractivity contribution in [2.45, 2.75) is 24.8 Å². The standard InChI is InChI=1S/C21H18Cl2N2O3/c22-12-5-6-14(17(23)8-12)15-9-16(15)20(26)25-19(21(27)28)7-11-10-24-18-4-2-1-3-13(11)18/h1-6,8,10,15-16,19,24H,7,9H2,(H,25,26)(H,27,28). The quantitative estimate of drug-likeness (QED) is 0.557. The van der Waals surface area contributed by atoms with Crippen molar-refractivity contribution >= 4 is 46.0 Å². The van der Waals surface area contributed by atoms with Gasteiger partial charge < -0.3 is 15.4 Å². The van der Waals surface area contributed by atoms with E-state index in [-0.39, 0.29) is 24.2 Å². The van der Waals surface area contributed by atoms with Gasteiger partial charge in [-0.05, 0) is 41.7 Å². The van der Waals surface area contributed by atoms with Crippen LogP contribution in [0.15, 0.2) is 48.7 Å². The van der Waals surface area contributed by atoms with Gasteiger partial charge in [0.2, 0.25) is 5.91 Å². The second kappa shape index (κ2) is 7.49. The number of hydrogen-bond acceptors (Lipinski definition) is 2. The summed E-state index contributed by atoms with van der Waals surface area (Å²) in [4.78, 5) is 27.5. The number of H-pyrrole nitrogens is 1. The normalized spacial score (nSPS) is 19.4. The summed E-state index contributed by atoms with van der Waals surface area (Å²) in [5.41, 5.74) is 2.67. The molecular formula is C21H18Cl2N2O3. The van der Waals surface area contributed by atoms with Gasteiger partial charge in [0.25, 0.3) is 0 Å². The third-order valence-corrected chi connectivity index (χ3v) is 5.77. The summed E-state index contributed by atoms with van der Waals surface area (Å²) >= 11 is 12.1. The summed E-state index contributed by atoms with van der Waals surface area (Å²) in [5.74, 6) is -1.60. The van der Waals surface area contributed by atoms with Crippen molar-refractivity contribution in [3.8, 4) is 0 Å². The van der Waals surface area contributed by atoms with Crippen LogP contribution in [0.2, 0.25) is 10.0 Å². The lowest BCUT2D eigenvalue weighted by molar-refractivity contribution is -0.142. The van der Waals surface area contributed by atoms with E-state index >= 15 is 0 Å². The first kappa shape index (κ1) is 18.8. The number of aliphatic carboxylic acids is 1. The molecule has 28 heavy (non-hydrogen) atoms. The van der Waals surface area contributed by atoms with Crippen LogP contribution in [-0.2, 0) is 16.0 Å². The Morgan fingerprint density at radius 1 is 1.21 bits per heavy atom. The maximum atomic E-state index is 12.6. The fourth-order valence-corrected chi connectivity index (χ4v) is 4.18. The van der Waals surface area contributed by atoms with Crippen molar-refractivity contribution in [1.82, 2.24) is 10.3 Å². The molecule has 0 spiro atoms. The molecule has 1 aromatic heterocycles. The van der Waals surface area contributed by atoms with E-state index in [1.54, 1.807) is 18.3 Å². The summed E-state index contributed by atoms with van der Waals surface area (Å²) in [6.45, 7) is 0. The van der Waals surface area contributed by atoms with Gasteiger partial charge >= 0.3 is 5.97 Å². The van der Waals surface area contributed by atoms with Crippen LogP contribution in [0.5, 0.6) is 0 Å². The molecular weight excluding hydrogens is 399 g/mol. The molecule has 3 aromatic rings. The van der Waals surface area contributed by atoms with Gasteiger partial charge in [0.15, 0.2) is 0 Å². The van der Waals surface area contributed by atoms with Crippen molar-refractivity contribution in [1.29, 1.82) is 0 Å². The number of aromatic amines is 1. The number of hydrogen-bond donors (Lipinski definition) is 3. The van der Waals surface area contributed by atoms with E-state index < -0.39 is 12.0 Å². The van der Waals surface area contributed by atoms with Gasteiger partial charge in [0, 0.05) is 39.5 Å². The van der Waals surface area contributed by atoms with Crippen LogP contribution >= 0.6 is 23.2 Å². The van der Waals surface area contributed by atoms with Crippen molar-refractivity contribution in [2.24, 2.45) is 5.92 Å². The van der Waals surface area contributed by atoms with E-state index in [0.29, 0.717) is 16.5 Å². The summed E-state index contributed by atoms with van der Waals surface area (Å²) in [6, 6.07) is 11.9. The Labute approximate surface area is 171 Å². The fraction of sp³-hybridized carbons (Fsp3) is 0.238. The van der Waals surface area contributed by atoms with Gasteiger partial charge in [-0.15, -0.1) is 0 Å². The van der Waals surface area contributed by atoms with Crippen LogP contribution in [0.4, 0.5) is 0 Å². The number of carbonyl (C=O) groups is 2. The van der Waals surface area contributed by atoms with Gasteiger partial charge in [-0.2, -0.15) is 0 Å². The predicted octanol–water partition coefficient (Wildman–Crippen LogP) is 4.39. The Kier molecular flexibility index (Phi) is 5.04. The minimum absolute atomic E-state index is 0.00713. The predicted molar refractivity (Wildman–Crippen MR) is 109 cm³/mol. The first-order chi connectivity index (χ1) is 13.4. The second-order valence-electron chi connectivity index (χ2n) is 7.08. The molecule has 2 aromatic carbocycles. The number of carboxylic acids is 1. The third kappa shape index (κ3) is 3.73. The zero-order valence-corrected chi connectivity index (χ0v) is 16.3. The molecule has 0 radical (unpaired) electrons. The number of aromatic nitrogens is 1. The van der Waals surface area contributed by atoms with Crippen LogP contribution in [0.3, 0.4) is 0 Å². The fourth-order valence-electron chi connectivity index (χ4n) is 3.63. The Hall–Kier alpha value is -2.50. The topological polar surface area (TPSA) is 82.2 Å². The van der Waals surface area contributed by atoms with Gasteiger partial charge in [-0.3, -0.25) is 4.79 Å². The number of rotatable bonds is 6. The number of fused-ring (bicyclic) bond motifs is 1. The number of carbonyl (C=O) groups excluding carboxylic acids is 1. The lowest BCUT2D eigenvalue weighted by Gasteiger charge is -2.14. The van der Waals surface area contributed by atoms with Crippen LogP contribution in [0.25, 0.3) is 10.9 Å². The Balaban J connectivity index is 1.45. The van der Waals surface area contributed by atoms with Gasteiger partial charge in [0.1, 0.15) is 6.04 Å². The molecule has 3 N–H and O–H groups in total. The molecule has 1 aliphatic rings. The highest BCUT2D eigenvalue weighted by Crippen LogP contribution is 2.50. The number of benzene rings is 2. The number of carboxylic acid groups (broad SMARTS) is 1.